The molecule has 0 aliphatic carbocycles. The van der Waals surface area contributed by atoms with Crippen molar-refractivity contribution in [1.29, 1.82) is 0 Å². The first-order valence-corrected chi connectivity index (χ1v) is 8.04. The third-order valence-corrected chi connectivity index (χ3v) is 3.65. The molecule has 3 heterocycles. The van der Waals surface area contributed by atoms with Gasteiger partial charge in [-0.15, -0.1) is 15.3 Å². The van der Waals surface area contributed by atoms with Crippen LogP contribution in [0.1, 0.15) is 10.6 Å². The maximum atomic E-state index is 11.8. The van der Waals surface area contributed by atoms with E-state index in [1.165, 1.54) is 6.26 Å². The van der Waals surface area contributed by atoms with Crippen LogP contribution < -0.4 is 10.1 Å². The van der Waals surface area contributed by atoms with Gasteiger partial charge in [0.05, 0.1) is 12.8 Å². The van der Waals surface area contributed by atoms with Gasteiger partial charge < -0.3 is 14.5 Å². The summed E-state index contributed by atoms with van der Waals surface area (Å²) in [7, 11) is 0. The Balaban J connectivity index is 1.42. The van der Waals surface area contributed by atoms with Crippen molar-refractivity contribution < 1.29 is 13.9 Å². The van der Waals surface area contributed by atoms with Crippen LogP contribution in [0.2, 0.25) is 0 Å². The zero-order valence-corrected chi connectivity index (χ0v) is 13.7. The van der Waals surface area contributed by atoms with E-state index in [1.807, 2.05) is 30.3 Å². The lowest BCUT2D eigenvalue weighted by Crippen LogP contribution is -2.27. The number of hydrogen-bond donors (Lipinski definition) is 1. The molecule has 26 heavy (non-hydrogen) atoms. The molecule has 4 aromatic rings. The van der Waals surface area contributed by atoms with Gasteiger partial charge in [0.15, 0.2) is 17.2 Å². The Bertz CT molecular complexity index is 1010. The number of hydrogen-bond acceptors (Lipinski definition) is 6. The van der Waals surface area contributed by atoms with Crippen LogP contribution in [0, 0.1) is 0 Å². The van der Waals surface area contributed by atoms with Crippen LogP contribution in [0.4, 0.5) is 0 Å². The molecule has 0 spiro atoms. The van der Waals surface area contributed by atoms with Crippen LogP contribution >= 0.6 is 0 Å². The Morgan fingerprint density at radius 1 is 1.08 bits per heavy atom. The first-order valence-electron chi connectivity index (χ1n) is 8.04. The average Bonchev–Trinajstić information content (AvgIpc) is 3.35. The molecule has 0 saturated heterocycles. The molecule has 1 amide bonds. The number of nitrogens with one attached hydrogen (secondary N) is 1. The predicted octanol–water partition coefficient (Wildman–Crippen LogP) is 2.19. The van der Waals surface area contributed by atoms with Gasteiger partial charge in [-0.2, -0.15) is 4.52 Å². The minimum Gasteiger partial charge on any atom is -0.475 e. The third-order valence-electron chi connectivity index (χ3n) is 3.65. The second-order valence-corrected chi connectivity index (χ2v) is 5.41. The lowest BCUT2D eigenvalue weighted by molar-refractivity contribution is 0.0919. The van der Waals surface area contributed by atoms with Gasteiger partial charge in [-0.05, 0) is 18.2 Å². The summed E-state index contributed by atoms with van der Waals surface area (Å²) < 4.78 is 12.3. The largest absolute Gasteiger partial charge is 0.475 e. The van der Waals surface area contributed by atoms with Gasteiger partial charge in [0.25, 0.3) is 5.91 Å². The molecule has 0 saturated carbocycles. The minimum atomic E-state index is -0.285. The van der Waals surface area contributed by atoms with Gasteiger partial charge in [0.2, 0.25) is 5.88 Å². The van der Waals surface area contributed by atoms with Crippen LogP contribution in [0.15, 0.2) is 65.3 Å². The number of fused-ring (bicyclic) bond motifs is 1. The highest BCUT2D eigenvalue weighted by Gasteiger charge is 2.10. The van der Waals surface area contributed by atoms with Gasteiger partial charge in [-0.3, -0.25) is 4.79 Å². The van der Waals surface area contributed by atoms with Crippen molar-refractivity contribution >= 4 is 11.6 Å². The van der Waals surface area contributed by atoms with Gasteiger partial charge in [-0.25, -0.2) is 0 Å². The standard InChI is InChI=1S/C18H15N5O3/c24-18(14-7-4-11-25-14)19-10-12-26-16-9-8-15-20-21-17(23(15)22-16)13-5-2-1-3-6-13/h1-9,11H,10,12H2,(H,19,24). The summed E-state index contributed by atoms with van der Waals surface area (Å²) in [5, 5.41) is 15.4. The summed E-state index contributed by atoms with van der Waals surface area (Å²) in [5.74, 6) is 1.03. The molecule has 0 bridgehead atoms. The quantitative estimate of drug-likeness (QED) is 0.536. The van der Waals surface area contributed by atoms with Crippen molar-refractivity contribution in [2.24, 2.45) is 0 Å². The van der Waals surface area contributed by atoms with Crippen molar-refractivity contribution in [2.45, 2.75) is 0 Å². The van der Waals surface area contributed by atoms with E-state index in [9.17, 15) is 4.79 Å². The minimum absolute atomic E-state index is 0.265. The van der Waals surface area contributed by atoms with Gasteiger partial charge in [-0.1, -0.05) is 30.3 Å². The van der Waals surface area contributed by atoms with E-state index in [-0.39, 0.29) is 18.3 Å². The molecule has 0 fully saturated rings. The fraction of sp³-hybridized carbons (Fsp3) is 0.111. The molecule has 8 nitrogen and oxygen atoms in total. The first-order chi connectivity index (χ1) is 12.8. The fourth-order valence-corrected chi connectivity index (χ4v) is 2.43. The van der Waals surface area contributed by atoms with E-state index in [0.29, 0.717) is 23.9 Å². The van der Waals surface area contributed by atoms with E-state index in [1.54, 1.807) is 28.8 Å². The van der Waals surface area contributed by atoms with E-state index < -0.39 is 0 Å². The van der Waals surface area contributed by atoms with Gasteiger partial charge >= 0.3 is 0 Å². The Hall–Kier alpha value is -3.68. The molecule has 1 N–H and O–H groups in total. The number of nitrogens with zero attached hydrogens (tertiary/aromatic N) is 4. The second kappa shape index (κ2) is 7.06. The lowest BCUT2D eigenvalue weighted by atomic mass is 10.2. The van der Waals surface area contributed by atoms with Gasteiger partial charge in [0.1, 0.15) is 6.61 Å². The Labute approximate surface area is 148 Å². The smallest absolute Gasteiger partial charge is 0.287 e. The molecule has 0 aliphatic rings. The Morgan fingerprint density at radius 2 is 1.96 bits per heavy atom. The summed E-state index contributed by atoms with van der Waals surface area (Å²) in [6.07, 6.45) is 1.45. The van der Waals surface area contributed by atoms with Crippen LogP contribution in [-0.2, 0) is 0 Å². The molecule has 0 radical (unpaired) electrons. The van der Waals surface area contributed by atoms with Crippen molar-refractivity contribution in [3.8, 4) is 17.3 Å². The van der Waals surface area contributed by atoms with Crippen molar-refractivity contribution in [3.63, 3.8) is 0 Å². The highest BCUT2D eigenvalue weighted by molar-refractivity contribution is 5.91. The number of ether oxygens (including phenoxy) is 1. The summed E-state index contributed by atoms with van der Waals surface area (Å²) in [4.78, 5) is 11.8. The van der Waals surface area contributed by atoms with Crippen LogP contribution in [0.3, 0.4) is 0 Å². The zero-order valence-electron chi connectivity index (χ0n) is 13.7. The Kier molecular flexibility index (Phi) is 4.29. The molecule has 0 atom stereocenters. The lowest BCUT2D eigenvalue weighted by Gasteiger charge is -2.07. The van der Waals surface area contributed by atoms with Crippen LogP contribution in [0.5, 0.6) is 5.88 Å². The third kappa shape index (κ3) is 3.25. The monoisotopic (exact) mass is 349 g/mol. The van der Waals surface area contributed by atoms with E-state index in [0.717, 1.165) is 5.56 Å². The van der Waals surface area contributed by atoms with Crippen molar-refractivity contribution in [1.82, 2.24) is 25.1 Å². The highest BCUT2D eigenvalue weighted by Crippen LogP contribution is 2.18. The van der Waals surface area contributed by atoms with Gasteiger partial charge in [0, 0.05) is 11.6 Å². The van der Waals surface area contributed by atoms with Crippen LogP contribution in [0.25, 0.3) is 17.0 Å². The molecule has 0 aliphatic heterocycles. The zero-order chi connectivity index (χ0) is 17.8. The molecular formula is C18H15N5O3. The van der Waals surface area contributed by atoms with E-state index in [2.05, 4.69) is 20.6 Å². The number of amides is 1. The number of benzene rings is 1. The second-order valence-electron chi connectivity index (χ2n) is 5.41. The Morgan fingerprint density at radius 3 is 2.77 bits per heavy atom. The normalized spacial score (nSPS) is 10.8. The highest BCUT2D eigenvalue weighted by atomic mass is 16.5. The predicted molar refractivity (Wildman–Crippen MR) is 92.8 cm³/mol. The number of rotatable bonds is 6. The number of carbonyl (C=O) groups excluding carboxylic acids is 1. The fourth-order valence-electron chi connectivity index (χ4n) is 2.43. The van der Waals surface area contributed by atoms with E-state index in [4.69, 9.17) is 9.15 Å². The molecule has 0 unspecified atom stereocenters. The first kappa shape index (κ1) is 15.8. The summed E-state index contributed by atoms with van der Waals surface area (Å²) in [6, 6.07) is 16.4. The molecule has 130 valence electrons. The maximum absolute atomic E-state index is 11.8. The average molecular weight is 349 g/mol. The SMILES string of the molecule is O=C(NCCOc1ccc2nnc(-c3ccccc3)n2n1)c1ccco1. The molecule has 3 aromatic heterocycles. The molecule has 1 aromatic carbocycles. The summed E-state index contributed by atoms with van der Waals surface area (Å²) in [5.41, 5.74) is 1.54. The maximum Gasteiger partial charge on any atom is 0.287 e. The number of furan rings is 1. The van der Waals surface area contributed by atoms with Crippen molar-refractivity contribution in [2.75, 3.05) is 13.2 Å². The molecular weight excluding hydrogens is 334 g/mol. The van der Waals surface area contributed by atoms with E-state index >= 15 is 0 Å². The van der Waals surface area contributed by atoms with Crippen LogP contribution in [-0.4, -0.2) is 38.9 Å². The molecule has 4 rings (SSSR count). The topological polar surface area (TPSA) is 94.5 Å². The molecule has 8 heteroatoms. The summed E-state index contributed by atoms with van der Waals surface area (Å²) in [6.45, 7) is 0.598. The number of carbonyl (C=O) groups is 1. The number of aromatic nitrogens is 4. The van der Waals surface area contributed by atoms with Crippen molar-refractivity contribution in [3.05, 3.63) is 66.6 Å². The summed E-state index contributed by atoms with van der Waals surface area (Å²) >= 11 is 0.